The van der Waals surface area contributed by atoms with Crippen LogP contribution in [0.15, 0.2) is 47.6 Å². The van der Waals surface area contributed by atoms with E-state index in [-0.39, 0.29) is 23.1 Å². The second-order valence-electron chi connectivity index (χ2n) is 6.99. The van der Waals surface area contributed by atoms with Crippen LogP contribution in [0.5, 0.6) is 0 Å². The predicted octanol–water partition coefficient (Wildman–Crippen LogP) is 4.09. The molecule has 0 saturated heterocycles. The van der Waals surface area contributed by atoms with Crippen LogP contribution in [0.3, 0.4) is 0 Å². The maximum Gasteiger partial charge on any atom is 0.416 e. The molecule has 0 aliphatic carbocycles. The second-order valence-corrected chi connectivity index (χ2v) is 9.01. The van der Waals surface area contributed by atoms with E-state index in [1.165, 1.54) is 19.2 Å². The molecule has 0 aliphatic rings. The number of nitrogens with one attached hydrogen (secondary N) is 2. The summed E-state index contributed by atoms with van der Waals surface area (Å²) in [6.45, 7) is 3.78. The lowest BCUT2D eigenvalue weighted by Gasteiger charge is -2.16. The van der Waals surface area contributed by atoms with Gasteiger partial charge in [-0.15, -0.1) is 0 Å². The molecule has 0 fully saturated rings. The fourth-order valence-electron chi connectivity index (χ4n) is 2.90. The number of rotatable bonds is 6. The number of nitrogens with zero attached hydrogens (tertiary/aromatic N) is 3. The maximum absolute atomic E-state index is 13.4. The number of benzene rings is 1. The summed E-state index contributed by atoms with van der Waals surface area (Å²) in [5, 5.41) is 9.72. The number of hydrogen-bond donors (Lipinski definition) is 2. The number of pyridine rings is 1. The molecule has 3 rings (SSSR count). The summed E-state index contributed by atoms with van der Waals surface area (Å²) in [7, 11) is -3.91. The van der Waals surface area contributed by atoms with Crippen molar-refractivity contribution < 1.29 is 26.4 Å². The van der Waals surface area contributed by atoms with E-state index in [4.69, 9.17) is 0 Å². The zero-order valence-corrected chi connectivity index (χ0v) is 18.2. The van der Waals surface area contributed by atoms with Crippen LogP contribution in [0.4, 0.5) is 30.4 Å². The van der Waals surface area contributed by atoms with Crippen molar-refractivity contribution >= 4 is 32.9 Å². The number of aryl methyl sites for hydroxylation is 1. The van der Waals surface area contributed by atoms with Crippen molar-refractivity contribution in [2.75, 3.05) is 16.9 Å². The molecule has 0 bridgehead atoms. The number of hydrogen-bond acceptors (Lipinski definition) is 6. The van der Waals surface area contributed by atoms with Crippen molar-refractivity contribution in [2.24, 2.45) is 0 Å². The summed E-state index contributed by atoms with van der Waals surface area (Å²) in [5.74, 6) is -0.223. The topological polar surface area (TPSA) is 106 Å². The SMILES string of the molecule is CCn1ccc(-c2cnc(NC(C)=O)cc2Nc2cc(C(F)(F)F)cc(S(C)(=O)=O)c2)n1. The zero-order valence-electron chi connectivity index (χ0n) is 17.4. The standard InChI is InChI=1S/C20H20F3N5O3S/c1-4-28-6-5-17(27-28)16-11-24-19(25-12(2)29)10-18(16)26-14-7-13(20(21,22)23)8-15(9-14)32(3,30)31/h5-11H,4H2,1-3H3,(H2,24,25,26,29). The molecule has 1 aromatic carbocycles. The van der Waals surface area contributed by atoms with Crippen molar-refractivity contribution in [3.8, 4) is 11.3 Å². The van der Waals surface area contributed by atoms with Gasteiger partial charge in [-0.2, -0.15) is 18.3 Å². The number of alkyl halides is 3. The molecule has 2 heterocycles. The number of aromatic nitrogens is 3. The van der Waals surface area contributed by atoms with E-state index in [2.05, 4.69) is 20.7 Å². The third-order valence-corrected chi connectivity index (χ3v) is 5.48. The molecule has 12 heteroatoms. The van der Waals surface area contributed by atoms with Gasteiger partial charge in [-0.05, 0) is 31.2 Å². The van der Waals surface area contributed by atoms with Gasteiger partial charge in [0.2, 0.25) is 5.91 Å². The van der Waals surface area contributed by atoms with Crippen LogP contribution in [0.2, 0.25) is 0 Å². The van der Waals surface area contributed by atoms with Gasteiger partial charge in [-0.3, -0.25) is 9.48 Å². The normalized spacial score (nSPS) is 11.9. The van der Waals surface area contributed by atoms with Gasteiger partial charge in [-0.1, -0.05) is 0 Å². The van der Waals surface area contributed by atoms with Crippen molar-refractivity contribution in [1.29, 1.82) is 0 Å². The molecule has 3 aromatic rings. The monoisotopic (exact) mass is 467 g/mol. The maximum atomic E-state index is 13.4. The molecule has 2 N–H and O–H groups in total. The molecule has 32 heavy (non-hydrogen) atoms. The zero-order chi connectivity index (χ0) is 23.7. The Balaban J connectivity index is 2.14. The molecule has 0 saturated carbocycles. The molecular weight excluding hydrogens is 447 g/mol. The third kappa shape index (κ3) is 5.44. The first kappa shape index (κ1) is 23.3. The number of anilines is 3. The summed E-state index contributed by atoms with van der Waals surface area (Å²) in [4.78, 5) is 15.1. The summed E-state index contributed by atoms with van der Waals surface area (Å²) < 4.78 is 65.7. The van der Waals surface area contributed by atoms with Gasteiger partial charge in [0.15, 0.2) is 9.84 Å². The van der Waals surface area contributed by atoms with Crippen molar-refractivity contribution in [3.05, 3.63) is 48.3 Å². The Labute approximate surface area is 182 Å². The fraction of sp³-hybridized carbons (Fsp3) is 0.250. The largest absolute Gasteiger partial charge is 0.416 e. The van der Waals surface area contributed by atoms with Crippen LogP contribution >= 0.6 is 0 Å². The molecule has 1 amide bonds. The summed E-state index contributed by atoms with van der Waals surface area (Å²) in [6, 6.07) is 5.64. The summed E-state index contributed by atoms with van der Waals surface area (Å²) >= 11 is 0. The van der Waals surface area contributed by atoms with E-state index in [1.807, 2.05) is 6.92 Å². The van der Waals surface area contributed by atoms with E-state index in [1.54, 1.807) is 16.9 Å². The van der Waals surface area contributed by atoms with E-state index in [0.29, 0.717) is 23.9 Å². The van der Waals surface area contributed by atoms with Crippen LogP contribution in [0.1, 0.15) is 19.4 Å². The van der Waals surface area contributed by atoms with Crippen molar-refractivity contribution in [2.45, 2.75) is 31.5 Å². The van der Waals surface area contributed by atoms with Gasteiger partial charge in [0.25, 0.3) is 0 Å². The molecular formula is C20H20F3N5O3S. The average molecular weight is 467 g/mol. The Bertz CT molecular complexity index is 1270. The Hall–Kier alpha value is -3.41. The Morgan fingerprint density at radius 2 is 1.91 bits per heavy atom. The summed E-state index contributed by atoms with van der Waals surface area (Å²) in [6.07, 6.45) is -0.774. The van der Waals surface area contributed by atoms with Crippen molar-refractivity contribution in [1.82, 2.24) is 14.8 Å². The van der Waals surface area contributed by atoms with Crippen LogP contribution in [0, 0.1) is 0 Å². The van der Waals surface area contributed by atoms with Gasteiger partial charge in [0.05, 0.1) is 21.8 Å². The van der Waals surface area contributed by atoms with Crippen LogP contribution in [-0.2, 0) is 27.4 Å². The Morgan fingerprint density at radius 1 is 1.19 bits per heavy atom. The van der Waals surface area contributed by atoms with Gasteiger partial charge in [0.1, 0.15) is 5.82 Å². The smallest absolute Gasteiger partial charge is 0.355 e. The number of amides is 1. The fourth-order valence-corrected chi connectivity index (χ4v) is 3.58. The summed E-state index contributed by atoms with van der Waals surface area (Å²) in [5.41, 5.74) is 0.00677. The van der Waals surface area contributed by atoms with Gasteiger partial charge >= 0.3 is 6.18 Å². The van der Waals surface area contributed by atoms with Gasteiger partial charge in [-0.25, -0.2) is 13.4 Å². The minimum atomic E-state index is -4.75. The number of halogens is 3. The first-order valence-corrected chi connectivity index (χ1v) is 11.3. The molecule has 0 unspecified atom stereocenters. The molecule has 0 atom stereocenters. The van der Waals surface area contributed by atoms with Crippen LogP contribution < -0.4 is 10.6 Å². The molecule has 170 valence electrons. The van der Waals surface area contributed by atoms with Crippen LogP contribution in [0.25, 0.3) is 11.3 Å². The van der Waals surface area contributed by atoms with E-state index >= 15 is 0 Å². The molecule has 2 aromatic heterocycles. The number of sulfone groups is 1. The highest BCUT2D eigenvalue weighted by atomic mass is 32.2. The first-order valence-electron chi connectivity index (χ1n) is 9.37. The highest BCUT2D eigenvalue weighted by Crippen LogP contribution is 2.36. The average Bonchev–Trinajstić information content (AvgIpc) is 3.15. The van der Waals surface area contributed by atoms with Crippen molar-refractivity contribution in [3.63, 3.8) is 0 Å². The lowest BCUT2D eigenvalue weighted by Crippen LogP contribution is -2.10. The van der Waals surface area contributed by atoms with Gasteiger partial charge < -0.3 is 10.6 Å². The predicted molar refractivity (Wildman–Crippen MR) is 113 cm³/mol. The highest BCUT2D eigenvalue weighted by Gasteiger charge is 2.32. The molecule has 0 radical (unpaired) electrons. The molecule has 0 aliphatic heterocycles. The lowest BCUT2D eigenvalue weighted by molar-refractivity contribution is -0.137. The van der Waals surface area contributed by atoms with Gasteiger partial charge in [0, 0.05) is 49.4 Å². The first-order chi connectivity index (χ1) is 14.9. The Morgan fingerprint density at radius 3 is 2.47 bits per heavy atom. The minimum absolute atomic E-state index is 0.101. The van der Waals surface area contributed by atoms with Crippen LogP contribution in [-0.4, -0.2) is 35.3 Å². The quantitative estimate of drug-likeness (QED) is 0.566. The third-order valence-electron chi connectivity index (χ3n) is 4.39. The Kier molecular flexibility index (Phi) is 6.26. The van der Waals surface area contributed by atoms with E-state index in [0.717, 1.165) is 18.4 Å². The second kappa shape index (κ2) is 8.61. The minimum Gasteiger partial charge on any atom is -0.355 e. The van der Waals surface area contributed by atoms with E-state index in [9.17, 15) is 26.4 Å². The number of carbonyl (C=O) groups is 1. The highest BCUT2D eigenvalue weighted by molar-refractivity contribution is 7.90. The lowest BCUT2D eigenvalue weighted by atomic mass is 10.1. The molecule has 0 spiro atoms. The van der Waals surface area contributed by atoms with E-state index < -0.39 is 26.5 Å². The molecule has 8 nitrogen and oxygen atoms in total. The number of carbonyl (C=O) groups excluding carboxylic acids is 1.